The largest absolute Gasteiger partial charge is 0.508 e. The lowest BCUT2D eigenvalue weighted by Crippen LogP contribution is -2.52. The van der Waals surface area contributed by atoms with Gasteiger partial charge >= 0.3 is 24.1 Å². The normalized spacial score (nSPS) is 14.2. The van der Waals surface area contributed by atoms with Gasteiger partial charge in [0.2, 0.25) is 0 Å². The first-order valence-corrected chi connectivity index (χ1v) is 11.8. The van der Waals surface area contributed by atoms with Gasteiger partial charge in [0, 0.05) is 12.8 Å². The van der Waals surface area contributed by atoms with E-state index >= 15 is 0 Å². The van der Waals surface area contributed by atoms with Gasteiger partial charge in [-0.25, -0.2) is 4.79 Å². The molecule has 2 atom stereocenters. The van der Waals surface area contributed by atoms with Gasteiger partial charge in [-0.1, -0.05) is 13.0 Å². The molecule has 0 heterocycles. The van der Waals surface area contributed by atoms with Gasteiger partial charge in [0.1, 0.15) is 11.6 Å². The Labute approximate surface area is 212 Å². The number of carbonyl (C=O) groups is 4. The molecule has 0 radical (unpaired) electrons. The second-order valence-corrected chi connectivity index (χ2v) is 10.9. The molecular formula is C26H39NO9. The standard InChI is InChI=1S/C26H39NO9/c1-9-12-33-23(32)34-16(2)14-26(27,20(28)29)15-17-10-11-18(35-21(30)24(3,4)5)19(13-17)36-22(31)25(6,7)8/h10-11,13,16H,9,12,14-15,27H2,1-8H3,(H,28,29)/t16-,26?/m0/s1. The molecule has 202 valence electrons. The molecular weight excluding hydrogens is 470 g/mol. The number of benzene rings is 1. The lowest BCUT2D eigenvalue weighted by molar-refractivity contribution is -0.145. The number of carboxylic acids is 1. The number of hydrogen-bond donors (Lipinski definition) is 2. The summed E-state index contributed by atoms with van der Waals surface area (Å²) in [5, 5.41) is 9.85. The highest BCUT2D eigenvalue weighted by Crippen LogP contribution is 2.34. The Balaban J connectivity index is 3.25. The molecule has 0 spiro atoms. The lowest BCUT2D eigenvalue weighted by atomic mass is 9.86. The summed E-state index contributed by atoms with van der Waals surface area (Å²) in [5.41, 5.74) is 3.15. The number of carbonyl (C=O) groups excluding carboxylic acids is 3. The summed E-state index contributed by atoms with van der Waals surface area (Å²) in [4.78, 5) is 48.8. The van der Waals surface area contributed by atoms with Crippen LogP contribution in [0.2, 0.25) is 0 Å². The molecule has 0 saturated heterocycles. The van der Waals surface area contributed by atoms with Crippen molar-refractivity contribution in [2.24, 2.45) is 16.6 Å². The SMILES string of the molecule is CCCOC(=O)O[C@@H](C)CC(N)(Cc1ccc(OC(=O)C(C)(C)C)c(OC(=O)C(C)(C)C)c1)C(=O)O. The maximum Gasteiger partial charge on any atom is 0.508 e. The minimum absolute atomic E-state index is 0.0181. The quantitative estimate of drug-likeness (QED) is 0.346. The van der Waals surface area contributed by atoms with Gasteiger partial charge in [0.25, 0.3) is 0 Å². The first-order valence-electron chi connectivity index (χ1n) is 11.8. The van der Waals surface area contributed by atoms with Crippen molar-refractivity contribution < 1.29 is 43.2 Å². The molecule has 0 aliphatic carbocycles. The predicted octanol–water partition coefficient (Wildman–Crippen LogP) is 4.26. The maximum absolute atomic E-state index is 12.6. The third-order valence-corrected chi connectivity index (χ3v) is 4.96. The number of nitrogens with two attached hydrogens (primary N) is 1. The molecule has 0 aromatic heterocycles. The second kappa shape index (κ2) is 12.2. The molecule has 0 amide bonds. The zero-order valence-corrected chi connectivity index (χ0v) is 22.4. The van der Waals surface area contributed by atoms with Gasteiger partial charge in [-0.3, -0.25) is 14.4 Å². The number of carboxylic acid groups (broad SMARTS) is 1. The zero-order chi connectivity index (χ0) is 27.9. The third kappa shape index (κ3) is 9.49. The molecule has 0 fully saturated rings. The van der Waals surface area contributed by atoms with Crippen molar-refractivity contribution in [1.82, 2.24) is 0 Å². The number of ether oxygens (including phenoxy) is 4. The third-order valence-electron chi connectivity index (χ3n) is 4.96. The molecule has 0 saturated carbocycles. The Morgan fingerprint density at radius 3 is 1.94 bits per heavy atom. The van der Waals surface area contributed by atoms with Gasteiger partial charge in [-0.05, 0) is 72.6 Å². The monoisotopic (exact) mass is 509 g/mol. The van der Waals surface area contributed by atoms with Crippen molar-refractivity contribution in [3.63, 3.8) is 0 Å². The van der Waals surface area contributed by atoms with E-state index in [9.17, 15) is 24.3 Å². The van der Waals surface area contributed by atoms with Crippen LogP contribution in [0.25, 0.3) is 0 Å². The molecule has 3 N–H and O–H groups in total. The van der Waals surface area contributed by atoms with Crippen LogP contribution in [0.15, 0.2) is 18.2 Å². The Morgan fingerprint density at radius 2 is 1.47 bits per heavy atom. The van der Waals surface area contributed by atoms with Crippen LogP contribution >= 0.6 is 0 Å². The van der Waals surface area contributed by atoms with Crippen LogP contribution < -0.4 is 15.2 Å². The van der Waals surface area contributed by atoms with Gasteiger partial charge < -0.3 is 29.8 Å². The minimum atomic E-state index is -1.82. The molecule has 10 heteroatoms. The summed E-state index contributed by atoms with van der Waals surface area (Å²) in [6.45, 7) is 13.6. The fourth-order valence-corrected chi connectivity index (χ4v) is 2.87. The summed E-state index contributed by atoms with van der Waals surface area (Å²) in [6, 6.07) is 4.38. The number of aliphatic carboxylic acids is 1. The van der Waals surface area contributed by atoms with Gasteiger partial charge in [-0.15, -0.1) is 0 Å². The maximum atomic E-state index is 12.6. The van der Waals surface area contributed by atoms with Gasteiger partial charge in [0.05, 0.1) is 17.4 Å². The van der Waals surface area contributed by atoms with Gasteiger partial charge in [0.15, 0.2) is 11.5 Å². The van der Waals surface area contributed by atoms with Crippen LogP contribution in [0.5, 0.6) is 11.5 Å². The average molecular weight is 510 g/mol. The molecule has 1 unspecified atom stereocenters. The van der Waals surface area contributed by atoms with E-state index in [2.05, 4.69) is 0 Å². The van der Waals surface area contributed by atoms with E-state index in [0.29, 0.717) is 12.0 Å². The molecule has 1 aromatic carbocycles. The van der Waals surface area contributed by atoms with Crippen LogP contribution in [-0.4, -0.2) is 47.4 Å². The van der Waals surface area contributed by atoms with E-state index in [4.69, 9.17) is 24.7 Å². The smallest absolute Gasteiger partial charge is 0.480 e. The summed E-state index contributed by atoms with van der Waals surface area (Å²) >= 11 is 0. The average Bonchev–Trinajstić information content (AvgIpc) is 2.72. The Morgan fingerprint density at radius 1 is 0.944 bits per heavy atom. The van der Waals surface area contributed by atoms with Crippen molar-refractivity contribution in [2.45, 2.75) is 86.3 Å². The fourth-order valence-electron chi connectivity index (χ4n) is 2.87. The van der Waals surface area contributed by atoms with Crippen molar-refractivity contribution >= 4 is 24.1 Å². The summed E-state index contributed by atoms with van der Waals surface area (Å²) in [7, 11) is 0. The lowest BCUT2D eigenvalue weighted by Gasteiger charge is -2.28. The Hall–Kier alpha value is -3.14. The van der Waals surface area contributed by atoms with Crippen LogP contribution in [0.1, 0.15) is 73.8 Å². The van der Waals surface area contributed by atoms with E-state index in [1.807, 2.05) is 6.92 Å². The molecule has 36 heavy (non-hydrogen) atoms. The molecule has 0 aliphatic rings. The van der Waals surface area contributed by atoms with E-state index < -0.39 is 46.5 Å². The summed E-state index contributed by atoms with van der Waals surface area (Å²) in [6.07, 6.45) is -1.53. The highest BCUT2D eigenvalue weighted by molar-refractivity contribution is 5.82. The fraction of sp³-hybridized carbons (Fsp3) is 0.615. The van der Waals surface area contributed by atoms with Crippen molar-refractivity contribution in [2.75, 3.05) is 6.61 Å². The zero-order valence-electron chi connectivity index (χ0n) is 22.4. The van der Waals surface area contributed by atoms with Crippen LogP contribution in [0.3, 0.4) is 0 Å². The molecule has 1 rings (SSSR count). The predicted molar refractivity (Wildman–Crippen MR) is 132 cm³/mol. The summed E-state index contributed by atoms with van der Waals surface area (Å²) < 4.78 is 21.0. The van der Waals surface area contributed by atoms with Gasteiger partial charge in [-0.2, -0.15) is 0 Å². The van der Waals surface area contributed by atoms with E-state index in [0.717, 1.165) is 0 Å². The Kier molecular flexibility index (Phi) is 10.5. The van der Waals surface area contributed by atoms with Crippen LogP contribution in [0.4, 0.5) is 4.79 Å². The van der Waals surface area contributed by atoms with Crippen LogP contribution in [-0.2, 0) is 30.3 Å². The van der Waals surface area contributed by atoms with Crippen molar-refractivity contribution in [3.05, 3.63) is 23.8 Å². The molecule has 1 aromatic rings. The van der Waals surface area contributed by atoms with E-state index in [1.54, 1.807) is 41.5 Å². The second-order valence-electron chi connectivity index (χ2n) is 10.9. The Bertz CT molecular complexity index is 959. The minimum Gasteiger partial charge on any atom is -0.480 e. The number of rotatable bonds is 10. The highest BCUT2D eigenvalue weighted by Gasteiger charge is 2.38. The first kappa shape index (κ1) is 30.9. The van der Waals surface area contributed by atoms with Crippen molar-refractivity contribution in [3.8, 4) is 11.5 Å². The van der Waals surface area contributed by atoms with E-state index in [1.165, 1.54) is 25.1 Å². The number of hydrogen-bond acceptors (Lipinski definition) is 9. The van der Waals surface area contributed by atoms with Crippen molar-refractivity contribution in [1.29, 1.82) is 0 Å². The molecule has 10 nitrogen and oxygen atoms in total. The first-order chi connectivity index (χ1) is 16.4. The highest BCUT2D eigenvalue weighted by atomic mass is 16.7. The molecule has 0 bridgehead atoms. The van der Waals surface area contributed by atoms with Crippen LogP contribution in [0, 0.1) is 10.8 Å². The summed E-state index contributed by atoms with van der Waals surface area (Å²) in [5.74, 6) is -2.44. The molecule has 0 aliphatic heterocycles. The topological polar surface area (TPSA) is 151 Å². The number of esters is 2. The van der Waals surface area contributed by atoms with E-state index in [-0.39, 0.29) is 30.9 Å².